The first kappa shape index (κ1) is 21.5. The van der Waals surface area contributed by atoms with Crippen molar-refractivity contribution in [3.05, 3.63) is 64.4 Å². The van der Waals surface area contributed by atoms with Gasteiger partial charge in [-0.25, -0.2) is 0 Å². The number of anilines is 1. The van der Waals surface area contributed by atoms with Crippen LogP contribution in [0.25, 0.3) is 0 Å². The van der Waals surface area contributed by atoms with E-state index >= 15 is 0 Å². The Hall–Kier alpha value is -2.22. The van der Waals surface area contributed by atoms with Gasteiger partial charge in [-0.15, -0.1) is 10.2 Å². The molecular formula is C20H20Cl2N4O2S. The molecule has 0 bridgehead atoms. The van der Waals surface area contributed by atoms with E-state index in [0.29, 0.717) is 39.0 Å². The smallest absolute Gasteiger partial charge is 0.234 e. The Bertz CT molecular complexity index is 979. The molecule has 0 aliphatic carbocycles. The van der Waals surface area contributed by atoms with Crippen molar-refractivity contribution < 1.29 is 9.53 Å². The van der Waals surface area contributed by atoms with E-state index in [1.54, 1.807) is 30.3 Å². The number of nitrogens with one attached hydrogen (secondary N) is 1. The second kappa shape index (κ2) is 10.0. The van der Waals surface area contributed by atoms with E-state index in [0.717, 1.165) is 0 Å². The summed E-state index contributed by atoms with van der Waals surface area (Å²) in [4.78, 5) is 12.2. The van der Waals surface area contributed by atoms with Crippen molar-refractivity contribution in [2.24, 2.45) is 0 Å². The monoisotopic (exact) mass is 450 g/mol. The lowest BCUT2D eigenvalue weighted by Gasteiger charge is -2.16. The maximum Gasteiger partial charge on any atom is 0.234 e. The number of carbonyl (C=O) groups is 1. The summed E-state index contributed by atoms with van der Waals surface area (Å²) < 4.78 is 7.88. The summed E-state index contributed by atoms with van der Waals surface area (Å²) in [7, 11) is 0. The highest BCUT2D eigenvalue weighted by atomic mass is 35.5. The van der Waals surface area contributed by atoms with Crippen molar-refractivity contribution >= 4 is 46.6 Å². The molecule has 3 aromatic rings. The molecule has 0 saturated carbocycles. The van der Waals surface area contributed by atoms with Crippen molar-refractivity contribution in [3.63, 3.8) is 0 Å². The fourth-order valence-corrected chi connectivity index (χ4v) is 3.76. The largest absolute Gasteiger partial charge is 0.481 e. The fraction of sp³-hybridized carbons (Fsp3) is 0.250. The van der Waals surface area contributed by atoms with E-state index in [1.165, 1.54) is 11.8 Å². The Balaban J connectivity index is 1.63. The van der Waals surface area contributed by atoms with E-state index in [9.17, 15) is 4.79 Å². The minimum Gasteiger partial charge on any atom is -0.481 e. The van der Waals surface area contributed by atoms with Crippen LogP contribution in [0.15, 0.2) is 53.7 Å². The molecule has 9 heteroatoms. The molecule has 2 aromatic carbocycles. The summed E-state index contributed by atoms with van der Waals surface area (Å²) in [6, 6.07) is 14.3. The van der Waals surface area contributed by atoms with E-state index in [1.807, 2.05) is 36.6 Å². The predicted molar refractivity (Wildman–Crippen MR) is 117 cm³/mol. The molecular weight excluding hydrogens is 431 g/mol. The van der Waals surface area contributed by atoms with Crippen LogP contribution >= 0.6 is 35.0 Å². The van der Waals surface area contributed by atoms with Gasteiger partial charge in [-0.2, -0.15) is 0 Å². The summed E-state index contributed by atoms with van der Waals surface area (Å²) in [5.41, 5.74) is 0.694. The number of hydrogen-bond donors (Lipinski definition) is 1. The van der Waals surface area contributed by atoms with Gasteiger partial charge in [0.2, 0.25) is 5.91 Å². The molecule has 3 rings (SSSR count). The van der Waals surface area contributed by atoms with Crippen molar-refractivity contribution in [2.45, 2.75) is 31.7 Å². The highest BCUT2D eigenvalue weighted by Gasteiger charge is 2.20. The zero-order valence-corrected chi connectivity index (χ0v) is 18.3. The third-order valence-electron chi connectivity index (χ3n) is 4.03. The number of nitrogens with zero attached hydrogens (tertiary/aromatic N) is 3. The van der Waals surface area contributed by atoms with Gasteiger partial charge in [-0.1, -0.05) is 47.1 Å². The van der Waals surface area contributed by atoms with E-state index in [2.05, 4.69) is 15.5 Å². The Morgan fingerprint density at radius 1 is 1.17 bits per heavy atom. The summed E-state index contributed by atoms with van der Waals surface area (Å²) in [6.45, 7) is 4.54. The van der Waals surface area contributed by atoms with Crippen LogP contribution in [0, 0.1) is 0 Å². The first-order valence-corrected chi connectivity index (χ1v) is 10.7. The van der Waals surface area contributed by atoms with Gasteiger partial charge in [0.1, 0.15) is 5.75 Å². The molecule has 6 nitrogen and oxygen atoms in total. The molecule has 0 saturated heterocycles. The van der Waals surface area contributed by atoms with Crippen molar-refractivity contribution in [3.8, 4) is 5.75 Å². The van der Waals surface area contributed by atoms with Gasteiger partial charge in [-0.05, 0) is 50.2 Å². The van der Waals surface area contributed by atoms with Gasteiger partial charge in [0, 0.05) is 17.3 Å². The summed E-state index contributed by atoms with van der Waals surface area (Å²) in [6.07, 6.45) is -0.348. The average Bonchev–Trinajstić information content (AvgIpc) is 3.13. The van der Waals surface area contributed by atoms with Gasteiger partial charge in [0.05, 0.1) is 10.8 Å². The zero-order chi connectivity index (χ0) is 20.8. The highest BCUT2D eigenvalue weighted by molar-refractivity contribution is 7.99. The van der Waals surface area contributed by atoms with Gasteiger partial charge >= 0.3 is 0 Å². The molecule has 1 atom stereocenters. The van der Waals surface area contributed by atoms with E-state index < -0.39 is 0 Å². The normalized spacial score (nSPS) is 11.9. The lowest BCUT2D eigenvalue weighted by Crippen LogP contribution is -2.15. The molecule has 0 unspecified atom stereocenters. The number of para-hydroxylation sites is 1. The Morgan fingerprint density at radius 3 is 2.59 bits per heavy atom. The number of hydrogen-bond acceptors (Lipinski definition) is 5. The lowest BCUT2D eigenvalue weighted by atomic mass is 10.3. The second-order valence-corrected chi connectivity index (χ2v) is 7.91. The van der Waals surface area contributed by atoms with Crippen LogP contribution in [0.2, 0.25) is 10.0 Å². The minimum absolute atomic E-state index is 0.134. The maximum absolute atomic E-state index is 12.2. The van der Waals surface area contributed by atoms with Crippen LogP contribution in [0.4, 0.5) is 5.69 Å². The third kappa shape index (κ3) is 5.65. The average molecular weight is 451 g/mol. The molecule has 1 amide bonds. The maximum atomic E-state index is 12.2. The second-order valence-electron chi connectivity index (χ2n) is 6.12. The number of benzene rings is 2. The van der Waals surface area contributed by atoms with Crippen LogP contribution in [0.1, 0.15) is 25.8 Å². The Labute approximate surface area is 183 Å². The van der Waals surface area contributed by atoms with Gasteiger partial charge in [-0.3, -0.25) is 4.79 Å². The fourth-order valence-electron chi connectivity index (χ4n) is 2.65. The molecule has 152 valence electrons. The molecule has 0 aliphatic rings. The summed E-state index contributed by atoms with van der Waals surface area (Å²) in [5.74, 6) is 1.34. The van der Waals surface area contributed by atoms with Crippen molar-refractivity contribution in [1.82, 2.24) is 14.8 Å². The van der Waals surface area contributed by atoms with Crippen LogP contribution in [0.5, 0.6) is 5.75 Å². The van der Waals surface area contributed by atoms with Crippen LogP contribution in [-0.2, 0) is 11.3 Å². The van der Waals surface area contributed by atoms with Crippen LogP contribution < -0.4 is 10.1 Å². The van der Waals surface area contributed by atoms with Crippen LogP contribution in [-0.4, -0.2) is 26.4 Å². The summed E-state index contributed by atoms with van der Waals surface area (Å²) in [5, 5.41) is 13.1. The number of thioether (sulfide) groups is 1. The number of halogens is 2. The van der Waals surface area contributed by atoms with Gasteiger partial charge in [0.25, 0.3) is 0 Å². The SMILES string of the molecule is CCn1c(SCC(=O)Nc2ccc(Cl)cc2)nnc1[C@H](C)Oc1ccccc1Cl. The Kier molecular flexibility index (Phi) is 7.41. The molecule has 1 heterocycles. The topological polar surface area (TPSA) is 69.0 Å². The number of carbonyl (C=O) groups excluding carboxylic acids is 1. The number of amides is 1. The quantitative estimate of drug-likeness (QED) is 0.460. The molecule has 1 N–H and O–H groups in total. The minimum atomic E-state index is -0.348. The first-order valence-electron chi connectivity index (χ1n) is 9.00. The lowest BCUT2D eigenvalue weighted by molar-refractivity contribution is -0.113. The van der Waals surface area contributed by atoms with Gasteiger partial charge < -0.3 is 14.6 Å². The number of ether oxygens (including phenoxy) is 1. The molecule has 0 fully saturated rings. The first-order chi connectivity index (χ1) is 14.0. The molecule has 0 spiro atoms. The third-order valence-corrected chi connectivity index (χ3v) is 5.56. The number of rotatable bonds is 8. The van der Waals surface area contributed by atoms with E-state index in [-0.39, 0.29) is 17.8 Å². The molecule has 0 aliphatic heterocycles. The Morgan fingerprint density at radius 2 is 1.90 bits per heavy atom. The van der Waals surface area contributed by atoms with Crippen molar-refractivity contribution in [2.75, 3.05) is 11.1 Å². The predicted octanol–water partition coefficient (Wildman–Crippen LogP) is 5.48. The zero-order valence-electron chi connectivity index (χ0n) is 15.9. The number of aromatic nitrogens is 3. The van der Waals surface area contributed by atoms with Gasteiger partial charge in [0.15, 0.2) is 17.1 Å². The highest BCUT2D eigenvalue weighted by Crippen LogP contribution is 2.29. The van der Waals surface area contributed by atoms with Crippen LogP contribution in [0.3, 0.4) is 0 Å². The van der Waals surface area contributed by atoms with Crippen molar-refractivity contribution in [1.29, 1.82) is 0 Å². The molecule has 0 radical (unpaired) electrons. The summed E-state index contributed by atoms with van der Waals surface area (Å²) >= 11 is 13.3. The molecule has 29 heavy (non-hydrogen) atoms. The van der Waals surface area contributed by atoms with E-state index in [4.69, 9.17) is 27.9 Å². The standard InChI is InChI=1S/C20H20Cl2N4O2S/c1-3-26-19(13(2)28-17-7-5-4-6-16(17)22)24-25-20(26)29-12-18(27)23-15-10-8-14(21)9-11-15/h4-11,13H,3,12H2,1-2H3,(H,23,27)/t13-/m0/s1. The molecule has 1 aromatic heterocycles.